The average molecular weight is 1750 g/mol. The fourth-order valence-electron chi connectivity index (χ4n) is 16.1. The van der Waals surface area contributed by atoms with Crippen LogP contribution in [0.5, 0.6) is 0 Å². The number of nitrogens with one attached hydrogen (secondary N) is 2. The third-order valence-electron chi connectivity index (χ3n) is 23.4. The van der Waals surface area contributed by atoms with E-state index >= 15 is 0 Å². The predicted octanol–water partition coefficient (Wildman–Crippen LogP) is 7.40. The lowest BCUT2D eigenvalue weighted by Gasteiger charge is -2.43. The maximum Gasteiger partial charge on any atom is 0.407 e. The Labute approximate surface area is 731 Å². The minimum atomic E-state index is -2.48. The number of rotatable bonds is 39. The number of piperidine rings is 1. The molecule has 1 saturated carbocycles. The van der Waals surface area contributed by atoms with Crippen molar-refractivity contribution in [2.75, 3.05) is 152 Å². The van der Waals surface area contributed by atoms with Crippen molar-refractivity contribution in [2.45, 2.75) is 205 Å². The van der Waals surface area contributed by atoms with Crippen molar-refractivity contribution in [1.29, 1.82) is 0 Å². The molecule has 3 amide bonds. The number of ether oxygens (including phenoxy) is 14. The van der Waals surface area contributed by atoms with Crippen molar-refractivity contribution < 1.29 is 115 Å². The number of hydrogen-bond acceptors (Lipinski definition) is 31. The summed E-state index contributed by atoms with van der Waals surface area (Å²) in [5.74, 6) is -7.82. The van der Waals surface area contributed by atoms with E-state index in [0.717, 1.165) is 22.3 Å². The minimum Gasteiger partial charge on any atom is -0.459 e. The van der Waals surface area contributed by atoms with Crippen LogP contribution in [0.2, 0.25) is 0 Å². The summed E-state index contributed by atoms with van der Waals surface area (Å²) >= 11 is 0. The van der Waals surface area contributed by atoms with E-state index in [9.17, 15) is 44.1 Å². The topological polar surface area (TPSA) is 467 Å². The van der Waals surface area contributed by atoms with E-state index in [1.165, 1.54) is 18.3 Å². The number of anilines is 2. The summed E-state index contributed by atoms with van der Waals surface area (Å²) in [4.78, 5) is 97.3. The lowest BCUT2D eigenvalue weighted by molar-refractivity contribution is -0.265. The van der Waals surface area contributed by atoms with Crippen LogP contribution in [0.3, 0.4) is 0 Å². The summed E-state index contributed by atoms with van der Waals surface area (Å²) in [6.45, 7) is 17.4. The zero-order chi connectivity index (χ0) is 89.8. The molecule has 3 fully saturated rings. The van der Waals surface area contributed by atoms with Gasteiger partial charge in [0.15, 0.2) is 17.0 Å². The van der Waals surface area contributed by atoms with E-state index < -0.39 is 114 Å². The molecule has 9 rings (SSSR count). The molecule has 0 radical (unpaired) electrons. The number of aliphatic hydroxyl groups is 3. The number of Topliss-reactive ketones (excluding diaryl/α,β-unsaturated/α-hetero) is 2. The van der Waals surface area contributed by atoms with Gasteiger partial charge in [0.25, 0.3) is 17.7 Å². The second kappa shape index (κ2) is 52.0. The number of hydrogen-bond donors (Lipinski definition) is 8. The van der Waals surface area contributed by atoms with E-state index in [1.807, 2.05) is 87.5 Å². The highest BCUT2D eigenvalue weighted by molar-refractivity contribution is 6.39. The number of cyclic esters (lactones) is 1. The number of fused-ring (bicyclic) bond motifs is 5. The Hall–Kier alpha value is -8.60. The van der Waals surface area contributed by atoms with E-state index in [-0.39, 0.29) is 75.7 Å². The van der Waals surface area contributed by atoms with E-state index in [2.05, 4.69) is 25.6 Å². The number of amides is 3. The summed E-state index contributed by atoms with van der Waals surface area (Å²) in [6, 6.07) is 11.4. The van der Waals surface area contributed by atoms with Crippen LogP contribution >= 0.6 is 0 Å². The van der Waals surface area contributed by atoms with Crippen molar-refractivity contribution in [1.82, 2.24) is 40.3 Å². The number of aliphatic hydroxyl groups excluding tert-OH is 2. The fraction of sp³-hybridized carbons (Fsp3) is 0.644. The zero-order valence-electron chi connectivity index (χ0n) is 73.9. The maximum atomic E-state index is 14.8. The molecule has 16 atom stereocenters. The van der Waals surface area contributed by atoms with Crippen molar-refractivity contribution >= 4 is 69.4 Å². The monoisotopic (exact) mass is 1750 g/mol. The Kier molecular flexibility index (Phi) is 41.7. The van der Waals surface area contributed by atoms with E-state index in [0.29, 0.717) is 203 Å². The number of carbonyl (C=O) groups is 6. The number of methoxy groups -OCH3 is 3. The molecule has 35 nitrogen and oxygen atoms in total. The number of aromatic nitrogens is 5. The van der Waals surface area contributed by atoms with Gasteiger partial charge in [0, 0.05) is 89.6 Å². The highest BCUT2D eigenvalue weighted by Crippen LogP contribution is 2.39. The normalized spacial score (nSPS) is 27.2. The summed E-state index contributed by atoms with van der Waals surface area (Å²) < 4.78 is 88.4. The lowest BCUT2D eigenvalue weighted by Crippen LogP contribution is -2.61. The summed E-state index contributed by atoms with van der Waals surface area (Å²) in [5.41, 5.74) is 25.5. The summed E-state index contributed by atoms with van der Waals surface area (Å²) in [7, 11) is 4.60. The Morgan fingerprint density at radius 2 is 1.31 bits per heavy atom. The Morgan fingerprint density at radius 1 is 0.672 bits per heavy atom. The molecule has 35 heteroatoms. The molecule has 692 valence electrons. The number of oxazole rings is 1. The second-order valence-corrected chi connectivity index (χ2v) is 32.7. The Morgan fingerprint density at radius 3 is 1.96 bits per heavy atom. The standard InChI is InChI=1S/C90H133N11O24/c1-57-15-11-10-12-16-58(2)73(111-7)52-67-25-18-62(6)90(110,125-67)83(106)86(107)100-30-14-13-17-70(100)87(108)122-75(53-74(112-8)59(3)48-61(5)81(104)82(105)80(103)60(4)47-57)68(91)49-65-23-26-72(76(50-65)113-9)124-89(109)94-29-32-115-34-36-117-38-40-119-42-44-121-46-45-120-43-41-118-39-37-116-35-33-114-31-28-77(102)95-54-63-19-21-64(22-20-63)55-101-85-78(84(92)96-56-97-85)79(99-101)66-24-27-71-69(51-66)98-88(93)123-71/h10-12,15-16,19-22,24,27,48,51,56-57,59-60,62,65,67-68,70,72-76,81-82,104-105,110H,13-14,17-18,23,25-26,28-47,49-50,52-55,91H2,1-9H3,(H2,93,98)(H,94,109)(H,95,102)(H2,92,96,97)/b12-10+,15-11+,58-16+,61-48+/t57-,59-,60-,62-,65+,67+,68-,70+,72-,73+,74-,75+,76-,81-,82+,90-/m1/s1. The first-order valence-electron chi connectivity index (χ1n) is 43.7. The number of esters is 1. The van der Waals surface area contributed by atoms with Gasteiger partial charge in [-0.25, -0.2) is 24.2 Å². The molecule has 2 saturated heterocycles. The number of alkyl carbamates (subject to hydrolysis) is 1. The van der Waals surface area contributed by atoms with Crippen LogP contribution < -0.4 is 27.8 Å². The quantitative estimate of drug-likeness (QED) is 0.00822. The van der Waals surface area contributed by atoms with Gasteiger partial charge in [-0.3, -0.25) is 19.2 Å². The van der Waals surface area contributed by atoms with Gasteiger partial charge in [-0.1, -0.05) is 88.4 Å². The Balaban J connectivity index is 0.596. The fourth-order valence-corrected chi connectivity index (χ4v) is 16.1. The average Bonchev–Trinajstić information content (AvgIpc) is 1.38. The first kappa shape index (κ1) is 100. The summed E-state index contributed by atoms with van der Waals surface area (Å²) in [5, 5.41) is 46.1. The molecule has 125 heavy (non-hydrogen) atoms. The number of benzene rings is 2. The predicted molar refractivity (Wildman–Crippen MR) is 463 cm³/mol. The number of carbonyl (C=O) groups excluding carboxylic acids is 6. The van der Waals surface area contributed by atoms with Crippen LogP contribution in [0, 0.1) is 29.6 Å². The molecule has 3 aromatic heterocycles. The lowest BCUT2D eigenvalue weighted by atomic mass is 9.80. The minimum absolute atomic E-state index is 0.0353. The number of nitrogen functional groups attached to an aromatic ring is 2. The van der Waals surface area contributed by atoms with Gasteiger partial charge < -0.3 is 119 Å². The molecule has 1 aliphatic carbocycles. The van der Waals surface area contributed by atoms with Crippen molar-refractivity contribution in [3.8, 4) is 11.3 Å². The Bertz CT molecular complexity index is 4310. The molecule has 2 bridgehead atoms. The highest BCUT2D eigenvalue weighted by Gasteiger charge is 2.53. The highest BCUT2D eigenvalue weighted by atomic mass is 16.6. The van der Waals surface area contributed by atoms with Crippen LogP contribution in [0.1, 0.15) is 136 Å². The van der Waals surface area contributed by atoms with Crippen molar-refractivity contribution in [2.24, 2.45) is 35.3 Å². The number of nitrogens with two attached hydrogens (primary N) is 3. The van der Waals surface area contributed by atoms with E-state index in [1.54, 1.807) is 51.8 Å². The molecular formula is C90H133N11O24. The SMILES string of the molecule is CO[C@H]1C[C@@H]2CC[C@@H](C)[C@@](O)(O2)C(=O)C(=O)N2CCCC[C@H]2C(=O)O[C@H]([C@H](N)C[C@@H]2CC[C@@H](OC(=O)NCCOCCOCCOCCOCCOCCOCCOCCOCCC(=O)NCc3ccc(Cn4nc(-c5ccc6oc(N)nc6c5)c5c(N)ncnc54)cc3)[C@H](OC)C2)C[C@@H](OC)[C@H](C)/C=C(\C)[C@@H](O)[C@@H](O)C(=O)[C@H](C)C[C@H](C)/C=C/C=C/C=C/1C. The van der Waals surface area contributed by atoms with Gasteiger partial charge in [-0.15, -0.1) is 0 Å². The van der Waals surface area contributed by atoms with Gasteiger partial charge in [0.2, 0.25) is 11.7 Å². The van der Waals surface area contributed by atoms with Crippen LogP contribution in [0.25, 0.3) is 33.4 Å². The molecule has 0 spiro atoms. The third-order valence-corrected chi connectivity index (χ3v) is 23.4. The van der Waals surface area contributed by atoms with Gasteiger partial charge in [-0.2, -0.15) is 10.1 Å². The molecule has 0 unspecified atom stereocenters. The zero-order valence-corrected chi connectivity index (χ0v) is 73.9. The number of allylic oxidation sites excluding steroid dienone is 5. The molecule has 3 aliphatic heterocycles. The molecule has 4 aliphatic rings. The molecule has 11 N–H and O–H groups in total. The molecular weight excluding hydrogens is 1620 g/mol. The van der Waals surface area contributed by atoms with Crippen molar-refractivity contribution in [3.63, 3.8) is 0 Å². The van der Waals surface area contributed by atoms with Gasteiger partial charge >= 0.3 is 12.1 Å². The van der Waals surface area contributed by atoms with Crippen molar-refractivity contribution in [3.05, 3.63) is 108 Å². The first-order chi connectivity index (χ1) is 60.3. The summed E-state index contributed by atoms with van der Waals surface area (Å²) in [6.07, 6.45) is 9.48. The second-order valence-electron chi connectivity index (χ2n) is 32.7. The maximum absolute atomic E-state index is 14.8. The molecule has 2 aromatic carbocycles. The molecule has 6 heterocycles. The van der Waals surface area contributed by atoms with Crippen LogP contribution in [-0.2, 0) is 103 Å². The van der Waals surface area contributed by atoms with Gasteiger partial charge in [0.1, 0.15) is 53.8 Å². The van der Waals surface area contributed by atoms with Gasteiger partial charge in [0.05, 0.1) is 142 Å². The van der Waals surface area contributed by atoms with Gasteiger partial charge in [-0.05, 0) is 130 Å². The van der Waals surface area contributed by atoms with Crippen LogP contribution in [0.15, 0.2) is 101 Å². The van der Waals surface area contributed by atoms with Crippen LogP contribution in [0.4, 0.5) is 16.6 Å². The largest absolute Gasteiger partial charge is 0.459 e. The number of ketones is 2. The van der Waals surface area contributed by atoms with E-state index in [4.69, 9.17) is 93.0 Å². The smallest absolute Gasteiger partial charge is 0.407 e. The first-order valence-corrected chi connectivity index (χ1v) is 43.7. The molecule has 5 aromatic rings. The number of nitrogens with zero attached hydrogens (tertiary/aromatic N) is 6. The third kappa shape index (κ3) is 30.8. The van der Waals surface area contributed by atoms with Crippen LogP contribution in [-0.4, -0.2) is 287 Å².